The Labute approximate surface area is 136 Å². The van der Waals surface area contributed by atoms with E-state index in [-0.39, 0.29) is 0 Å². The van der Waals surface area contributed by atoms with Crippen LogP contribution in [0.5, 0.6) is 6.01 Å². The summed E-state index contributed by atoms with van der Waals surface area (Å²) >= 11 is 0. The van der Waals surface area contributed by atoms with Crippen LogP contribution in [0.2, 0.25) is 0 Å². The highest BCUT2D eigenvalue weighted by Gasteiger charge is 2.09. The summed E-state index contributed by atoms with van der Waals surface area (Å²) in [6.07, 6.45) is 0. The molecule has 116 valence electrons. The van der Waals surface area contributed by atoms with Gasteiger partial charge >= 0.3 is 6.01 Å². The number of hydrogen-bond acceptors (Lipinski definition) is 4. The molecule has 0 amide bonds. The molecule has 1 heterocycles. The summed E-state index contributed by atoms with van der Waals surface area (Å²) in [5, 5.41) is 3.05. The Morgan fingerprint density at radius 1 is 0.826 bits per heavy atom. The number of nitrogens with zero attached hydrogens (tertiary/aromatic N) is 2. The Morgan fingerprint density at radius 3 is 1.83 bits per heavy atom. The van der Waals surface area contributed by atoms with Crippen LogP contribution in [-0.4, -0.2) is 30.2 Å². The summed E-state index contributed by atoms with van der Waals surface area (Å²) in [5.41, 5.74) is 3.81. The number of aromatic nitrogens is 2. The third kappa shape index (κ3) is 3.93. The molecule has 3 rings (SSSR count). The molecular weight excluding hydrogens is 286 g/mol. The van der Waals surface area contributed by atoms with Gasteiger partial charge in [-0.15, -0.1) is 0 Å². The molecule has 0 aliphatic carbocycles. The summed E-state index contributed by atoms with van der Waals surface area (Å²) in [6, 6.07) is 22.5. The van der Waals surface area contributed by atoms with Gasteiger partial charge in [-0.1, -0.05) is 60.7 Å². The zero-order valence-corrected chi connectivity index (χ0v) is 13.1. The van der Waals surface area contributed by atoms with E-state index in [1.165, 1.54) is 0 Å². The number of nitrogens with one attached hydrogen (secondary N) is 1. The fourth-order valence-electron chi connectivity index (χ4n) is 2.25. The Morgan fingerprint density at radius 2 is 1.35 bits per heavy atom. The van der Waals surface area contributed by atoms with Crippen molar-refractivity contribution in [2.24, 2.45) is 0 Å². The number of rotatable bonds is 6. The number of hydrogen-bond donors (Lipinski definition) is 1. The molecule has 0 radical (unpaired) electrons. The molecule has 4 nitrogen and oxygen atoms in total. The summed E-state index contributed by atoms with van der Waals surface area (Å²) in [6.45, 7) is 1.28. The molecule has 2 aromatic carbocycles. The van der Waals surface area contributed by atoms with Crippen LogP contribution in [0.3, 0.4) is 0 Å². The van der Waals surface area contributed by atoms with Crippen molar-refractivity contribution in [1.82, 2.24) is 15.3 Å². The maximum absolute atomic E-state index is 5.69. The molecule has 4 heteroatoms. The average Bonchev–Trinajstić information content (AvgIpc) is 2.63. The highest BCUT2D eigenvalue weighted by Crippen LogP contribution is 2.25. The van der Waals surface area contributed by atoms with Gasteiger partial charge in [0, 0.05) is 17.7 Å². The number of likely N-dealkylation sites (N-methyl/N-ethyl adjacent to an activating group) is 1. The second kappa shape index (κ2) is 7.51. The van der Waals surface area contributed by atoms with Gasteiger partial charge in [0.05, 0.1) is 11.4 Å². The maximum atomic E-state index is 5.69. The van der Waals surface area contributed by atoms with Crippen molar-refractivity contribution in [1.29, 1.82) is 0 Å². The van der Waals surface area contributed by atoms with Crippen molar-refractivity contribution in [2.45, 2.75) is 0 Å². The molecule has 1 N–H and O–H groups in total. The second-order valence-corrected chi connectivity index (χ2v) is 5.11. The van der Waals surface area contributed by atoms with Crippen LogP contribution in [0.25, 0.3) is 22.5 Å². The first-order valence-corrected chi connectivity index (χ1v) is 7.64. The molecule has 0 saturated heterocycles. The Kier molecular flexibility index (Phi) is 4.96. The minimum atomic E-state index is 0.403. The first-order valence-electron chi connectivity index (χ1n) is 7.64. The Balaban J connectivity index is 2.00. The lowest BCUT2D eigenvalue weighted by atomic mass is 10.1. The van der Waals surface area contributed by atoms with Crippen molar-refractivity contribution in [3.63, 3.8) is 0 Å². The van der Waals surface area contributed by atoms with Gasteiger partial charge in [-0.05, 0) is 13.1 Å². The van der Waals surface area contributed by atoms with E-state index in [4.69, 9.17) is 4.74 Å². The SMILES string of the molecule is CNCCOc1nc(-c2ccccc2)cc(-c2ccccc2)n1. The molecule has 0 bridgehead atoms. The second-order valence-electron chi connectivity index (χ2n) is 5.11. The maximum Gasteiger partial charge on any atom is 0.317 e. The number of ether oxygens (including phenoxy) is 1. The van der Waals surface area contributed by atoms with Gasteiger partial charge in [0.1, 0.15) is 6.61 Å². The minimum absolute atomic E-state index is 0.403. The predicted octanol–water partition coefficient (Wildman–Crippen LogP) is 3.41. The van der Waals surface area contributed by atoms with Crippen LogP contribution in [0.1, 0.15) is 0 Å². The van der Waals surface area contributed by atoms with Crippen LogP contribution in [0.4, 0.5) is 0 Å². The zero-order chi connectivity index (χ0) is 15.9. The summed E-state index contributed by atoms with van der Waals surface area (Å²) in [5.74, 6) is 0. The fourth-order valence-corrected chi connectivity index (χ4v) is 2.25. The number of benzene rings is 2. The molecule has 0 aliphatic rings. The summed E-state index contributed by atoms with van der Waals surface area (Å²) < 4.78 is 5.69. The summed E-state index contributed by atoms with van der Waals surface area (Å²) in [4.78, 5) is 9.08. The van der Waals surface area contributed by atoms with E-state index in [0.717, 1.165) is 29.1 Å². The van der Waals surface area contributed by atoms with Crippen molar-refractivity contribution in [3.05, 3.63) is 66.7 Å². The largest absolute Gasteiger partial charge is 0.462 e. The normalized spacial score (nSPS) is 10.5. The van der Waals surface area contributed by atoms with Crippen LogP contribution in [0.15, 0.2) is 66.7 Å². The third-order valence-corrected chi connectivity index (χ3v) is 3.43. The lowest BCUT2D eigenvalue weighted by molar-refractivity contribution is 0.294. The van der Waals surface area contributed by atoms with Crippen molar-refractivity contribution in [3.8, 4) is 28.5 Å². The Bertz CT molecular complexity index is 687. The van der Waals surface area contributed by atoms with Gasteiger partial charge in [0.25, 0.3) is 0 Å². The zero-order valence-electron chi connectivity index (χ0n) is 13.1. The van der Waals surface area contributed by atoms with E-state index in [1.807, 2.05) is 73.8 Å². The van der Waals surface area contributed by atoms with E-state index in [0.29, 0.717) is 12.6 Å². The van der Waals surface area contributed by atoms with Gasteiger partial charge in [0.15, 0.2) is 0 Å². The molecule has 0 saturated carbocycles. The first kappa shape index (κ1) is 15.2. The lowest BCUT2D eigenvalue weighted by Gasteiger charge is -2.09. The highest BCUT2D eigenvalue weighted by molar-refractivity contribution is 5.68. The van der Waals surface area contributed by atoms with Crippen molar-refractivity contribution < 1.29 is 4.74 Å². The van der Waals surface area contributed by atoms with E-state index in [9.17, 15) is 0 Å². The quantitative estimate of drug-likeness (QED) is 0.709. The predicted molar refractivity (Wildman–Crippen MR) is 92.3 cm³/mol. The smallest absolute Gasteiger partial charge is 0.317 e. The van der Waals surface area contributed by atoms with Gasteiger partial charge < -0.3 is 10.1 Å². The molecule has 0 atom stereocenters. The van der Waals surface area contributed by atoms with E-state index >= 15 is 0 Å². The van der Waals surface area contributed by atoms with E-state index in [1.54, 1.807) is 0 Å². The molecular formula is C19H19N3O. The fraction of sp³-hybridized carbons (Fsp3) is 0.158. The lowest BCUT2D eigenvalue weighted by Crippen LogP contribution is -2.17. The van der Waals surface area contributed by atoms with Crippen LogP contribution in [0, 0.1) is 0 Å². The van der Waals surface area contributed by atoms with Gasteiger partial charge in [-0.25, -0.2) is 0 Å². The first-order chi connectivity index (χ1) is 11.4. The van der Waals surface area contributed by atoms with E-state index < -0.39 is 0 Å². The molecule has 0 spiro atoms. The van der Waals surface area contributed by atoms with Gasteiger partial charge in [-0.2, -0.15) is 9.97 Å². The molecule has 0 fully saturated rings. The molecule has 3 aromatic rings. The van der Waals surface area contributed by atoms with E-state index in [2.05, 4.69) is 15.3 Å². The average molecular weight is 305 g/mol. The van der Waals surface area contributed by atoms with Gasteiger partial charge in [-0.3, -0.25) is 0 Å². The van der Waals surface area contributed by atoms with Crippen LogP contribution in [-0.2, 0) is 0 Å². The monoisotopic (exact) mass is 305 g/mol. The van der Waals surface area contributed by atoms with Crippen molar-refractivity contribution >= 4 is 0 Å². The topological polar surface area (TPSA) is 47.0 Å². The Hall–Kier alpha value is -2.72. The molecule has 23 heavy (non-hydrogen) atoms. The minimum Gasteiger partial charge on any atom is -0.462 e. The van der Waals surface area contributed by atoms with Gasteiger partial charge in [0.2, 0.25) is 0 Å². The summed E-state index contributed by atoms with van der Waals surface area (Å²) in [7, 11) is 1.89. The van der Waals surface area contributed by atoms with Crippen LogP contribution < -0.4 is 10.1 Å². The highest BCUT2D eigenvalue weighted by atomic mass is 16.5. The molecule has 1 aromatic heterocycles. The molecule has 0 unspecified atom stereocenters. The third-order valence-electron chi connectivity index (χ3n) is 3.43. The standard InChI is InChI=1S/C19H19N3O/c1-20-12-13-23-19-21-17(15-8-4-2-5-9-15)14-18(22-19)16-10-6-3-7-11-16/h2-11,14,20H,12-13H2,1H3. The molecule has 0 aliphatic heterocycles. The van der Waals surface area contributed by atoms with Crippen molar-refractivity contribution in [2.75, 3.05) is 20.2 Å². The van der Waals surface area contributed by atoms with Crippen LogP contribution >= 0.6 is 0 Å².